The molecule has 9 heteroatoms. The van der Waals surface area contributed by atoms with Gasteiger partial charge in [0.2, 0.25) is 21.8 Å². The van der Waals surface area contributed by atoms with E-state index in [0.29, 0.717) is 24.6 Å². The third-order valence-electron chi connectivity index (χ3n) is 4.47. The second-order valence-corrected chi connectivity index (χ2v) is 8.75. The first-order valence-electron chi connectivity index (χ1n) is 8.16. The molecule has 0 unspecified atom stereocenters. The number of nitrogens with zero attached hydrogens (tertiary/aromatic N) is 3. The van der Waals surface area contributed by atoms with Crippen LogP contribution in [0.2, 0.25) is 0 Å². The monoisotopic (exact) mass is 393 g/mol. The molecule has 1 saturated heterocycles. The minimum Gasteiger partial charge on any atom is -0.420 e. The van der Waals surface area contributed by atoms with E-state index in [1.807, 2.05) is 16.8 Å². The Kier molecular flexibility index (Phi) is 4.60. The lowest BCUT2D eigenvalue weighted by atomic mass is 9.98. The molecule has 1 fully saturated rings. The van der Waals surface area contributed by atoms with Gasteiger partial charge in [0.1, 0.15) is 10.7 Å². The number of piperidine rings is 1. The van der Waals surface area contributed by atoms with Crippen LogP contribution in [0.3, 0.4) is 0 Å². The van der Waals surface area contributed by atoms with Crippen molar-refractivity contribution >= 4 is 21.4 Å². The van der Waals surface area contributed by atoms with E-state index in [0.717, 1.165) is 11.6 Å². The lowest BCUT2D eigenvalue weighted by Crippen LogP contribution is -2.38. The smallest absolute Gasteiger partial charge is 0.248 e. The van der Waals surface area contributed by atoms with Gasteiger partial charge in [0.25, 0.3) is 0 Å². The van der Waals surface area contributed by atoms with Crippen LogP contribution in [-0.2, 0) is 10.0 Å². The van der Waals surface area contributed by atoms with Gasteiger partial charge in [0, 0.05) is 30.0 Å². The molecule has 0 N–H and O–H groups in total. The maximum absolute atomic E-state index is 13.9. The predicted molar refractivity (Wildman–Crippen MR) is 94.7 cm³/mol. The van der Waals surface area contributed by atoms with Crippen molar-refractivity contribution in [1.82, 2.24) is 14.5 Å². The van der Waals surface area contributed by atoms with Crippen molar-refractivity contribution in [3.05, 3.63) is 52.8 Å². The summed E-state index contributed by atoms with van der Waals surface area (Å²) in [5, 5.41) is 12.1. The quantitative estimate of drug-likeness (QED) is 0.678. The van der Waals surface area contributed by atoms with Crippen LogP contribution < -0.4 is 0 Å². The Balaban J connectivity index is 1.47. The van der Waals surface area contributed by atoms with Crippen molar-refractivity contribution in [2.24, 2.45) is 0 Å². The zero-order valence-electron chi connectivity index (χ0n) is 13.7. The lowest BCUT2D eigenvalue weighted by Gasteiger charge is -2.29. The van der Waals surface area contributed by atoms with Crippen LogP contribution in [0.15, 0.2) is 50.4 Å². The Bertz CT molecular complexity index is 994. The summed E-state index contributed by atoms with van der Waals surface area (Å²) in [7, 11) is -3.84. The standard InChI is InChI=1S/C17H16FN3O3S2/c18-14-3-1-2-4-15(14)26(22,23)21-8-5-12(6-9-21)16-19-20-17(24-16)13-7-10-25-11-13/h1-4,7,10-12H,5-6,8-9H2. The highest BCUT2D eigenvalue weighted by Gasteiger charge is 2.33. The Hall–Kier alpha value is -2.10. The van der Waals surface area contributed by atoms with Crippen molar-refractivity contribution in [3.63, 3.8) is 0 Å². The van der Waals surface area contributed by atoms with Crippen LogP contribution in [0.1, 0.15) is 24.7 Å². The highest BCUT2D eigenvalue weighted by molar-refractivity contribution is 7.89. The predicted octanol–water partition coefficient (Wildman–Crippen LogP) is 3.51. The average Bonchev–Trinajstić information content (AvgIpc) is 3.33. The van der Waals surface area contributed by atoms with Crippen LogP contribution in [0.4, 0.5) is 4.39 Å². The third-order valence-corrected chi connectivity index (χ3v) is 7.08. The van der Waals surface area contributed by atoms with E-state index in [1.165, 1.54) is 22.5 Å². The molecular weight excluding hydrogens is 377 g/mol. The Morgan fingerprint density at radius 2 is 1.92 bits per heavy atom. The van der Waals surface area contributed by atoms with Gasteiger partial charge < -0.3 is 4.42 Å². The first-order valence-corrected chi connectivity index (χ1v) is 10.5. The summed E-state index contributed by atoms with van der Waals surface area (Å²) < 4.78 is 46.2. The molecule has 2 aromatic heterocycles. The molecule has 0 amide bonds. The van der Waals surface area contributed by atoms with Gasteiger partial charge in [0.05, 0.1) is 0 Å². The molecule has 0 radical (unpaired) electrons. The van der Waals surface area contributed by atoms with E-state index in [-0.39, 0.29) is 23.9 Å². The molecule has 136 valence electrons. The summed E-state index contributed by atoms with van der Waals surface area (Å²) in [6.07, 6.45) is 1.11. The van der Waals surface area contributed by atoms with Gasteiger partial charge in [-0.25, -0.2) is 12.8 Å². The SMILES string of the molecule is O=S(=O)(c1ccccc1F)N1CCC(c2nnc(-c3ccsc3)o2)CC1. The Labute approximate surface area is 154 Å². The molecular formula is C17H16FN3O3S2. The molecule has 3 aromatic rings. The number of hydrogen-bond donors (Lipinski definition) is 0. The fourth-order valence-electron chi connectivity index (χ4n) is 3.04. The van der Waals surface area contributed by atoms with Crippen molar-refractivity contribution in [2.75, 3.05) is 13.1 Å². The number of rotatable bonds is 4. The van der Waals surface area contributed by atoms with E-state index < -0.39 is 15.8 Å². The van der Waals surface area contributed by atoms with Gasteiger partial charge >= 0.3 is 0 Å². The largest absolute Gasteiger partial charge is 0.420 e. The zero-order chi connectivity index (χ0) is 18.1. The molecule has 0 spiro atoms. The van der Waals surface area contributed by atoms with Gasteiger partial charge in [-0.15, -0.1) is 10.2 Å². The first-order chi connectivity index (χ1) is 12.6. The number of hydrogen-bond acceptors (Lipinski definition) is 6. The van der Waals surface area contributed by atoms with Crippen molar-refractivity contribution in [3.8, 4) is 11.5 Å². The molecule has 3 heterocycles. The number of thiophene rings is 1. The maximum atomic E-state index is 13.9. The summed E-state index contributed by atoms with van der Waals surface area (Å²) in [4.78, 5) is -0.281. The van der Waals surface area contributed by atoms with Crippen LogP contribution in [0.25, 0.3) is 11.5 Å². The molecule has 0 atom stereocenters. The van der Waals surface area contributed by atoms with Gasteiger partial charge in [-0.1, -0.05) is 12.1 Å². The topological polar surface area (TPSA) is 76.3 Å². The highest BCUT2D eigenvalue weighted by Crippen LogP contribution is 2.32. The van der Waals surface area contributed by atoms with E-state index in [9.17, 15) is 12.8 Å². The number of benzene rings is 1. The van der Waals surface area contributed by atoms with E-state index in [4.69, 9.17) is 4.42 Å². The van der Waals surface area contributed by atoms with Crippen molar-refractivity contribution < 1.29 is 17.2 Å². The van der Waals surface area contributed by atoms with E-state index >= 15 is 0 Å². The lowest BCUT2D eigenvalue weighted by molar-refractivity contribution is 0.290. The fourth-order valence-corrected chi connectivity index (χ4v) is 5.20. The molecule has 6 nitrogen and oxygen atoms in total. The van der Waals surface area contributed by atoms with Crippen LogP contribution >= 0.6 is 11.3 Å². The summed E-state index contributed by atoms with van der Waals surface area (Å²) in [6, 6.07) is 7.35. The maximum Gasteiger partial charge on any atom is 0.248 e. The summed E-state index contributed by atoms with van der Waals surface area (Å²) in [6.45, 7) is 0.578. The summed E-state index contributed by atoms with van der Waals surface area (Å²) in [5.41, 5.74) is 0.883. The number of aromatic nitrogens is 2. The van der Waals surface area contributed by atoms with Crippen LogP contribution in [0, 0.1) is 5.82 Å². The van der Waals surface area contributed by atoms with Gasteiger partial charge in [-0.2, -0.15) is 15.6 Å². The Morgan fingerprint density at radius 3 is 2.62 bits per heavy atom. The molecule has 1 aliphatic heterocycles. The number of halogens is 1. The van der Waals surface area contributed by atoms with E-state index in [2.05, 4.69) is 10.2 Å². The van der Waals surface area contributed by atoms with E-state index in [1.54, 1.807) is 11.3 Å². The van der Waals surface area contributed by atoms with Gasteiger partial charge in [0.15, 0.2) is 0 Å². The number of sulfonamides is 1. The van der Waals surface area contributed by atoms with Gasteiger partial charge in [-0.05, 0) is 36.4 Å². The second kappa shape index (κ2) is 6.90. The molecule has 1 aliphatic rings. The Morgan fingerprint density at radius 1 is 1.15 bits per heavy atom. The zero-order valence-corrected chi connectivity index (χ0v) is 15.3. The van der Waals surface area contributed by atoms with Gasteiger partial charge in [-0.3, -0.25) is 0 Å². The average molecular weight is 393 g/mol. The minimum absolute atomic E-state index is 0.00181. The second-order valence-electron chi connectivity index (χ2n) is 6.07. The third kappa shape index (κ3) is 3.17. The first kappa shape index (κ1) is 17.3. The molecule has 26 heavy (non-hydrogen) atoms. The van der Waals surface area contributed by atoms with Crippen LogP contribution in [0.5, 0.6) is 0 Å². The summed E-state index contributed by atoms with van der Waals surface area (Å²) >= 11 is 1.55. The molecule has 1 aromatic carbocycles. The molecule has 0 saturated carbocycles. The fraction of sp³-hybridized carbons (Fsp3) is 0.294. The molecule has 0 bridgehead atoms. The highest BCUT2D eigenvalue weighted by atomic mass is 32.2. The molecule has 4 rings (SSSR count). The summed E-state index contributed by atoms with van der Waals surface area (Å²) in [5.74, 6) is 0.269. The van der Waals surface area contributed by atoms with Crippen LogP contribution in [-0.4, -0.2) is 36.0 Å². The normalized spacial score (nSPS) is 16.8. The molecule has 0 aliphatic carbocycles. The van der Waals surface area contributed by atoms with Crippen molar-refractivity contribution in [2.45, 2.75) is 23.7 Å². The minimum atomic E-state index is -3.84. The van der Waals surface area contributed by atoms with Crippen molar-refractivity contribution in [1.29, 1.82) is 0 Å².